The van der Waals surface area contributed by atoms with E-state index < -0.39 is 0 Å². The highest BCUT2D eigenvalue weighted by molar-refractivity contribution is 5.85. The van der Waals surface area contributed by atoms with Gasteiger partial charge in [0, 0.05) is 38.1 Å². The van der Waals surface area contributed by atoms with Crippen LogP contribution in [0, 0.1) is 23.7 Å². The van der Waals surface area contributed by atoms with Crippen LogP contribution in [0.3, 0.4) is 0 Å². The molecule has 4 nitrogen and oxygen atoms in total. The Hall–Kier alpha value is -0.0300. The molecule has 0 radical (unpaired) electrons. The zero-order chi connectivity index (χ0) is 16.6. The second-order valence-corrected chi connectivity index (χ2v) is 8.37. The summed E-state index contributed by atoms with van der Waals surface area (Å²) in [7, 11) is 2.05. The zero-order valence-electron chi connectivity index (χ0n) is 16.0. The van der Waals surface area contributed by atoms with Gasteiger partial charge in [-0.2, -0.15) is 0 Å². The van der Waals surface area contributed by atoms with Crippen LogP contribution in [0.25, 0.3) is 0 Å². The number of halogens is 2. The number of nitrogens with two attached hydrogens (primary N) is 1. The Morgan fingerprint density at radius 3 is 2.28 bits per heavy atom. The average molecular weight is 394 g/mol. The number of carbonyl (C=O) groups excluding carboxylic acids is 1. The van der Waals surface area contributed by atoms with Gasteiger partial charge in [-0.25, -0.2) is 0 Å². The van der Waals surface area contributed by atoms with Gasteiger partial charge in [-0.15, -0.1) is 24.8 Å². The van der Waals surface area contributed by atoms with Gasteiger partial charge in [0.05, 0.1) is 0 Å². The molecule has 1 amide bonds. The predicted octanol–water partition coefficient (Wildman–Crippen LogP) is 3.17. The Kier molecular flexibility index (Phi) is 9.00. The molecule has 0 aromatic rings. The molecule has 1 heterocycles. The van der Waals surface area contributed by atoms with Crippen LogP contribution in [0.5, 0.6) is 0 Å². The lowest BCUT2D eigenvalue weighted by Crippen LogP contribution is -2.54. The topological polar surface area (TPSA) is 49.6 Å². The Balaban J connectivity index is 0.00000156. The largest absolute Gasteiger partial charge is 0.342 e. The van der Waals surface area contributed by atoms with Gasteiger partial charge in [0.25, 0.3) is 0 Å². The van der Waals surface area contributed by atoms with Gasteiger partial charge in [-0.1, -0.05) is 20.3 Å². The molecule has 3 aliphatic rings. The van der Waals surface area contributed by atoms with Crippen LogP contribution in [0.2, 0.25) is 0 Å². The van der Waals surface area contributed by atoms with E-state index in [2.05, 4.69) is 30.7 Å². The van der Waals surface area contributed by atoms with Crippen LogP contribution in [0.4, 0.5) is 0 Å². The van der Waals surface area contributed by atoms with Gasteiger partial charge in [0.2, 0.25) is 5.91 Å². The van der Waals surface area contributed by atoms with Crippen LogP contribution in [-0.4, -0.2) is 54.5 Å². The fraction of sp³-hybridized carbons (Fsp3) is 0.947. The van der Waals surface area contributed by atoms with Gasteiger partial charge >= 0.3 is 0 Å². The first-order valence-corrected chi connectivity index (χ1v) is 9.75. The van der Waals surface area contributed by atoms with Crippen molar-refractivity contribution in [1.82, 2.24) is 9.80 Å². The zero-order valence-corrected chi connectivity index (χ0v) is 17.7. The van der Waals surface area contributed by atoms with Crippen LogP contribution in [0.1, 0.15) is 52.4 Å². The summed E-state index contributed by atoms with van der Waals surface area (Å²) in [5.41, 5.74) is 6.39. The molecule has 3 rings (SSSR count). The number of amides is 1. The van der Waals surface area contributed by atoms with Crippen LogP contribution >= 0.6 is 24.8 Å². The number of carbonyl (C=O) groups is 1. The van der Waals surface area contributed by atoms with E-state index in [4.69, 9.17) is 5.73 Å². The maximum Gasteiger partial charge on any atom is 0.225 e. The molecule has 148 valence electrons. The second kappa shape index (κ2) is 9.77. The van der Waals surface area contributed by atoms with Crippen molar-refractivity contribution < 1.29 is 4.79 Å². The average Bonchev–Trinajstić information content (AvgIpc) is 2.53. The summed E-state index contributed by atoms with van der Waals surface area (Å²) < 4.78 is 0. The summed E-state index contributed by atoms with van der Waals surface area (Å²) >= 11 is 0. The molecule has 2 aliphatic carbocycles. The van der Waals surface area contributed by atoms with E-state index in [9.17, 15) is 4.79 Å². The van der Waals surface area contributed by atoms with E-state index in [-0.39, 0.29) is 30.7 Å². The standard InChI is InChI=1S/C19H35N3O.2ClH/c1-4-22-9-8-17(13(2)12-22)21(3)19(23)16-10-14-6-5-7-15(11-16)18(14)20;;/h13-18H,4-12,20H2,1-3H3;2*1H. The highest BCUT2D eigenvalue weighted by Gasteiger charge is 2.42. The minimum atomic E-state index is 0. The molecule has 0 aromatic heterocycles. The molecule has 2 bridgehead atoms. The minimum absolute atomic E-state index is 0. The maximum absolute atomic E-state index is 13.1. The van der Waals surface area contributed by atoms with Gasteiger partial charge in [0.1, 0.15) is 0 Å². The number of piperidine rings is 1. The van der Waals surface area contributed by atoms with Crippen molar-refractivity contribution >= 4 is 30.7 Å². The summed E-state index contributed by atoms with van der Waals surface area (Å²) in [5.74, 6) is 2.37. The fourth-order valence-corrected chi connectivity index (χ4v) is 5.52. The number of likely N-dealkylation sites (tertiary alicyclic amines) is 1. The first-order valence-electron chi connectivity index (χ1n) is 9.75. The van der Waals surface area contributed by atoms with Gasteiger partial charge in [0.15, 0.2) is 0 Å². The molecule has 2 saturated carbocycles. The summed E-state index contributed by atoms with van der Waals surface area (Å²) in [6.07, 6.45) is 6.96. The summed E-state index contributed by atoms with van der Waals surface area (Å²) in [5, 5.41) is 0. The van der Waals surface area contributed by atoms with Crippen molar-refractivity contribution in [1.29, 1.82) is 0 Å². The van der Waals surface area contributed by atoms with E-state index >= 15 is 0 Å². The van der Waals surface area contributed by atoms with Crippen LogP contribution in [0.15, 0.2) is 0 Å². The van der Waals surface area contributed by atoms with E-state index in [1.807, 2.05) is 0 Å². The molecular weight excluding hydrogens is 357 g/mol. The maximum atomic E-state index is 13.1. The molecule has 1 aliphatic heterocycles. The number of hydrogen-bond acceptors (Lipinski definition) is 3. The quantitative estimate of drug-likeness (QED) is 0.800. The molecule has 2 N–H and O–H groups in total. The smallest absolute Gasteiger partial charge is 0.225 e. The second-order valence-electron chi connectivity index (χ2n) is 8.37. The highest BCUT2D eigenvalue weighted by atomic mass is 35.5. The van der Waals surface area contributed by atoms with Crippen molar-refractivity contribution in [3.63, 3.8) is 0 Å². The lowest BCUT2D eigenvalue weighted by atomic mass is 9.65. The lowest BCUT2D eigenvalue weighted by molar-refractivity contribution is -0.141. The van der Waals surface area contributed by atoms with Crippen molar-refractivity contribution in [2.45, 2.75) is 64.5 Å². The Morgan fingerprint density at radius 2 is 1.76 bits per heavy atom. The summed E-state index contributed by atoms with van der Waals surface area (Å²) in [4.78, 5) is 17.7. The van der Waals surface area contributed by atoms with Crippen LogP contribution in [-0.2, 0) is 4.79 Å². The number of nitrogens with zero attached hydrogens (tertiary/aromatic N) is 2. The fourth-order valence-electron chi connectivity index (χ4n) is 5.52. The highest BCUT2D eigenvalue weighted by Crippen LogP contribution is 2.42. The molecule has 3 fully saturated rings. The third-order valence-electron chi connectivity index (χ3n) is 7.00. The summed E-state index contributed by atoms with van der Waals surface area (Å²) in [6.45, 7) is 7.91. The monoisotopic (exact) mass is 393 g/mol. The van der Waals surface area contributed by atoms with E-state index in [1.165, 1.54) is 19.3 Å². The van der Waals surface area contributed by atoms with Crippen LogP contribution < -0.4 is 5.73 Å². The first-order chi connectivity index (χ1) is 11.0. The number of hydrogen-bond donors (Lipinski definition) is 1. The minimum Gasteiger partial charge on any atom is -0.342 e. The first kappa shape index (κ1) is 23.0. The molecule has 0 spiro atoms. The molecule has 25 heavy (non-hydrogen) atoms. The normalized spacial score (nSPS) is 38.2. The SMILES string of the molecule is CCN1CCC(N(C)C(=O)C2CC3CCCC(C2)C3N)C(C)C1.Cl.Cl. The third kappa shape index (κ3) is 4.82. The van der Waals surface area contributed by atoms with E-state index in [0.717, 1.165) is 38.9 Å². The molecule has 0 aromatic carbocycles. The number of rotatable bonds is 3. The molecule has 4 unspecified atom stereocenters. The Labute approximate surface area is 166 Å². The van der Waals surface area contributed by atoms with Gasteiger partial charge in [-0.05, 0) is 56.4 Å². The van der Waals surface area contributed by atoms with Crippen molar-refractivity contribution in [3.8, 4) is 0 Å². The third-order valence-corrected chi connectivity index (χ3v) is 7.00. The van der Waals surface area contributed by atoms with E-state index in [1.54, 1.807) is 0 Å². The van der Waals surface area contributed by atoms with Gasteiger partial charge in [-0.3, -0.25) is 4.79 Å². The lowest BCUT2D eigenvalue weighted by Gasteiger charge is -2.46. The Morgan fingerprint density at radius 1 is 1.16 bits per heavy atom. The van der Waals surface area contributed by atoms with Gasteiger partial charge < -0.3 is 15.5 Å². The van der Waals surface area contributed by atoms with Crippen molar-refractivity contribution in [2.24, 2.45) is 29.4 Å². The summed E-state index contributed by atoms with van der Waals surface area (Å²) in [6, 6.07) is 0.769. The van der Waals surface area contributed by atoms with E-state index in [0.29, 0.717) is 35.7 Å². The number of fused-ring (bicyclic) bond motifs is 2. The van der Waals surface area contributed by atoms with Crippen molar-refractivity contribution in [3.05, 3.63) is 0 Å². The molecule has 6 heteroatoms. The molecular formula is C19H37Cl2N3O. The molecule has 4 atom stereocenters. The Bertz CT molecular complexity index is 423. The van der Waals surface area contributed by atoms with Crippen molar-refractivity contribution in [2.75, 3.05) is 26.7 Å². The molecule has 1 saturated heterocycles. The predicted molar refractivity (Wildman–Crippen MR) is 108 cm³/mol.